The van der Waals surface area contributed by atoms with E-state index in [9.17, 15) is 4.39 Å². The molecule has 0 fully saturated rings. The van der Waals surface area contributed by atoms with Gasteiger partial charge in [-0.25, -0.2) is 4.39 Å². The Morgan fingerprint density at radius 3 is 2.73 bits per heavy atom. The highest BCUT2D eigenvalue weighted by molar-refractivity contribution is 6.31. The van der Waals surface area contributed by atoms with Crippen molar-refractivity contribution in [2.24, 2.45) is 0 Å². The first-order chi connectivity index (χ1) is 10.7. The van der Waals surface area contributed by atoms with E-state index >= 15 is 0 Å². The van der Waals surface area contributed by atoms with Crippen LogP contribution in [-0.4, -0.2) is 6.54 Å². The monoisotopic (exact) mass is 321 g/mol. The highest BCUT2D eigenvalue weighted by Gasteiger charge is 2.06. The fraction of sp³-hybridized carbons (Fsp3) is 0.333. The van der Waals surface area contributed by atoms with Crippen molar-refractivity contribution in [2.75, 3.05) is 6.54 Å². The van der Waals surface area contributed by atoms with Crippen LogP contribution in [0.1, 0.15) is 30.9 Å². The van der Waals surface area contributed by atoms with Crippen molar-refractivity contribution in [3.63, 3.8) is 0 Å². The van der Waals surface area contributed by atoms with Crippen LogP contribution < -0.4 is 10.1 Å². The van der Waals surface area contributed by atoms with Gasteiger partial charge in [0.15, 0.2) is 0 Å². The van der Waals surface area contributed by atoms with E-state index in [0.717, 1.165) is 36.4 Å². The number of ether oxygens (including phenoxy) is 1. The molecule has 2 aromatic rings. The van der Waals surface area contributed by atoms with Gasteiger partial charge in [0.05, 0.1) is 5.02 Å². The van der Waals surface area contributed by atoms with Gasteiger partial charge in [-0.15, -0.1) is 0 Å². The van der Waals surface area contributed by atoms with Gasteiger partial charge in [-0.05, 0) is 31.2 Å². The smallest absolute Gasteiger partial charge is 0.124 e. The largest absolute Gasteiger partial charge is 0.489 e. The average molecular weight is 322 g/mol. The topological polar surface area (TPSA) is 21.3 Å². The number of nitrogens with one attached hydrogen (secondary N) is 1. The Morgan fingerprint density at radius 1 is 1.14 bits per heavy atom. The van der Waals surface area contributed by atoms with Crippen molar-refractivity contribution in [1.82, 2.24) is 5.32 Å². The van der Waals surface area contributed by atoms with Crippen LogP contribution in [0.2, 0.25) is 5.02 Å². The summed E-state index contributed by atoms with van der Waals surface area (Å²) in [6, 6.07) is 12.3. The van der Waals surface area contributed by atoms with E-state index in [1.807, 2.05) is 24.3 Å². The minimum Gasteiger partial charge on any atom is -0.489 e. The molecule has 0 saturated carbocycles. The van der Waals surface area contributed by atoms with Crippen LogP contribution >= 0.6 is 11.6 Å². The normalized spacial score (nSPS) is 10.7. The molecular formula is C18H21ClFNO. The first-order valence-electron chi connectivity index (χ1n) is 7.56. The summed E-state index contributed by atoms with van der Waals surface area (Å²) in [5, 5.41) is 3.79. The van der Waals surface area contributed by atoms with E-state index < -0.39 is 0 Å². The number of benzene rings is 2. The zero-order valence-electron chi connectivity index (χ0n) is 12.7. The van der Waals surface area contributed by atoms with E-state index in [4.69, 9.17) is 16.3 Å². The van der Waals surface area contributed by atoms with Crippen LogP contribution in [0.3, 0.4) is 0 Å². The lowest BCUT2D eigenvalue weighted by atomic mass is 10.2. The lowest BCUT2D eigenvalue weighted by molar-refractivity contribution is 0.302. The fourth-order valence-electron chi connectivity index (χ4n) is 2.11. The summed E-state index contributed by atoms with van der Waals surface area (Å²) in [7, 11) is 0. The number of para-hydroxylation sites is 1. The molecule has 4 heteroatoms. The number of hydrogen-bond donors (Lipinski definition) is 1. The zero-order valence-corrected chi connectivity index (χ0v) is 13.5. The lowest BCUT2D eigenvalue weighted by Crippen LogP contribution is -2.15. The van der Waals surface area contributed by atoms with Crippen molar-refractivity contribution in [2.45, 2.75) is 32.9 Å². The summed E-state index contributed by atoms with van der Waals surface area (Å²) in [5.41, 5.74) is 1.88. The highest BCUT2D eigenvalue weighted by atomic mass is 35.5. The number of hydrogen-bond acceptors (Lipinski definition) is 2. The molecule has 118 valence electrons. The van der Waals surface area contributed by atoms with Crippen LogP contribution in [0.5, 0.6) is 5.75 Å². The summed E-state index contributed by atoms with van der Waals surface area (Å²) in [6.45, 7) is 4.26. The maximum atomic E-state index is 13.0. The summed E-state index contributed by atoms with van der Waals surface area (Å²) >= 11 is 6.02. The lowest BCUT2D eigenvalue weighted by Gasteiger charge is -2.13. The Kier molecular flexibility index (Phi) is 6.69. The standard InChI is InChI=1S/C18H21ClFNO/c1-2-3-10-21-12-14-6-4-5-7-18(14)22-13-15-8-9-16(20)11-17(15)19/h4-9,11,21H,2-3,10,12-13H2,1H3. The third-order valence-electron chi connectivity index (χ3n) is 3.39. The number of halogens is 2. The second kappa shape index (κ2) is 8.76. The van der Waals surface area contributed by atoms with Gasteiger partial charge in [0, 0.05) is 17.7 Å². The Labute approximate surface area is 136 Å². The van der Waals surface area contributed by atoms with Crippen LogP contribution in [0.25, 0.3) is 0 Å². The minimum atomic E-state index is -0.339. The molecule has 0 spiro atoms. The summed E-state index contributed by atoms with van der Waals surface area (Å²) in [4.78, 5) is 0. The van der Waals surface area contributed by atoms with Crippen molar-refractivity contribution in [3.05, 3.63) is 64.4 Å². The minimum absolute atomic E-state index is 0.324. The molecule has 0 amide bonds. The predicted molar refractivity (Wildman–Crippen MR) is 88.8 cm³/mol. The maximum Gasteiger partial charge on any atom is 0.124 e. The van der Waals surface area contributed by atoms with Crippen LogP contribution in [0.15, 0.2) is 42.5 Å². The Bertz CT molecular complexity index is 603. The van der Waals surface area contributed by atoms with E-state index in [1.54, 1.807) is 6.07 Å². The molecule has 0 aliphatic rings. The van der Waals surface area contributed by atoms with E-state index in [-0.39, 0.29) is 5.82 Å². The van der Waals surface area contributed by atoms with Gasteiger partial charge in [0.2, 0.25) is 0 Å². The molecule has 0 radical (unpaired) electrons. The third-order valence-corrected chi connectivity index (χ3v) is 3.75. The molecule has 22 heavy (non-hydrogen) atoms. The molecule has 0 saturated heterocycles. The molecule has 0 bridgehead atoms. The van der Waals surface area contributed by atoms with E-state index in [2.05, 4.69) is 12.2 Å². The Hall–Kier alpha value is -1.58. The number of rotatable bonds is 8. The molecule has 1 N–H and O–H groups in total. The molecule has 2 rings (SSSR count). The molecule has 2 nitrogen and oxygen atoms in total. The van der Waals surface area contributed by atoms with E-state index in [1.165, 1.54) is 18.6 Å². The van der Waals surface area contributed by atoms with Crippen LogP contribution in [0.4, 0.5) is 4.39 Å². The third kappa shape index (κ3) is 5.00. The highest BCUT2D eigenvalue weighted by Crippen LogP contribution is 2.22. The molecule has 0 heterocycles. The summed E-state index contributed by atoms with van der Waals surface area (Å²) in [5.74, 6) is 0.487. The molecule has 0 aliphatic heterocycles. The molecule has 0 atom stereocenters. The van der Waals surface area contributed by atoms with Gasteiger partial charge in [0.1, 0.15) is 18.2 Å². The Morgan fingerprint density at radius 2 is 1.95 bits per heavy atom. The molecule has 0 aromatic heterocycles. The maximum absolute atomic E-state index is 13.0. The van der Waals surface area contributed by atoms with Crippen LogP contribution in [-0.2, 0) is 13.2 Å². The Balaban J connectivity index is 1.97. The molecule has 0 unspecified atom stereocenters. The van der Waals surface area contributed by atoms with Crippen molar-refractivity contribution in [3.8, 4) is 5.75 Å². The zero-order chi connectivity index (χ0) is 15.8. The van der Waals surface area contributed by atoms with Crippen molar-refractivity contribution >= 4 is 11.6 Å². The first kappa shape index (κ1) is 16.8. The number of unbranched alkanes of at least 4 members (excludes halogenated alkanes) is 1. The molecule has 2 aromatic carbocycles. The van der Waals surface area contributed by atoms with E-state index in [0.29, 0.717) is 11.6 Å². The average Bonchev–Trinajstić information content (AvgIpc) is 2.52. The second-order valence-corrected chi connectivity index (χ2v) is 5.57. The van der Waals surface area contributed by atoms with Crippen molar-refractivity contribution in [1.29, 1.82) is 0 Å². The van der Waals surface area contributed by atoms with Gasteiger partial charge >= 0.3 is 0 Å². The van der Waals surface area contributed by atoms with Gasteiger partial charge in [0.25, 0.3) is 0 Å². The second-order valence-electron chi connectivity index (χ2n) is 5.16. The van der Waals surface area contributed by atoms with Gasteiger partial charge < -0.3 is 10.1 Å². The summed E-state index contributed by atoms with van der Waals surface area (Å²) in [6.07, 6.45) is 2.34. The van der Waals surface area contributed by atoms with Gasteiger partial charge in [-0.2, -0.15) is 0 Å². The fourth-order valence-corrected chi connectivity index (χ4v) is 2.33. The predicted octanol–water partition coefficient (Wildman–Crippen LogP) is 4.95. The summed E-state index contributed by atoms with van der Waals surface area (Å²) < 4.78 is 18.9. The van der Waals surface area contributed by atoms with Crippen molar-refractivity contribution < 1.29 is 9.13 Å². The molecular weight excluding hydrogens is 301 g/mol. The first-order valence-corrected chi connectivity index (χ1v) is 7.94. The van der Waals surface area contributed by atoms with Gasteiger partial charge in [-0.1, -0.05) is 49.2 Å². The van der Waals surface area contributed by atoms with Crippen LogP contribution in [0, 0.1) is 5.82 Å². The van der Waals surface area contributed by atoms with Gasteiger partial charge in [-0.3, -0.25) is 0 Å². The molecule has 0 aliphatic carbocycles. The SMILES string of the molecule is CCCCNCc1ccccc1OCc1ccc(F)cc1Cl. The quantitative estimate of drug-likeness (QED) is 0.695.